The highest BCUT2D eigenvalue weighted by Crippen LogP contribution is 2.40. The van der Waals surface area contributed by atoms with E-state index < -0.39 is 0 Å². The van der Waals surface area contributed by atoms with Crippen molar-refractivity contribution in [3.63, 3.8) is 0 Å². The van der Waals surface area contributed by atoms with Gasteiger partial charge in [-0.1, -0.05) is 38.1 Å². The summed E-state index contributed by atoms with van der Waals surface area (Å²) in [7, 11) is 0. The van der Waals surface area contributed by atoms with Gasteiger partial charge in [-0.2, -0.15) is 0 Å². The van der Waals surface area contributed by atoms with E-state index in [1.807, 2.05) is 26.0 Å². The molecule has 150 valence electrons. The molecule has 2 atom stereocenters. The predicted molar refractivity (Wildman–Crippen MR) is 111 cm³/mol. The van der Waals surface area contributed by atoms with Crippen LogP contribution in [0.1, 0.15) is 74.6 Å². The first kappa shape index (κ1) is 21.7. The van der Waals surface area contributed by atoms with Gasteiger partial charge >= 0.3 is 11.9 Å². The van der Waals surface area contributed by atoms with E-state index in [2.05, 4.69) is 38.1 Å². The van der Waals surface area contributed by atoms with Crippen molar-refractivity contribution in [3.8, 4) is 11.5 Å². The largest absolute Gasteiger partial charge is 0.426 e. The van der Waals surface area contributed by atoms with Crippen LogP contribution in [0.15, 0.2) is 36.4 Å². The summed E-state index contributed by atoms with van der Waals surface area (Å²) in [5.74, 6) is 1.29. The summed E-state index contributed by atoms with van der Waals surface area (Å²) in [6.07, 6.45) is 1.99. The van der Waals surface area contributed by atoms with E-state index in [4.69, 9.17) is 9.47 Å². The maximum absolute atomic E-state index is 11.3. The molecule has 2 rings (SSSR count). The third-order valence-corrected chi connectivity index (χ3v) is 5.13. The average molecular weight is 383 g/mol. The highest BCUT2D eigenvalue weighted by atomic mass is 16.5. The van der Waals surface area contributed by atoms with Gasteiger partial charge in [-0.05, 0) is 72.9 Å². The van der Waals surface area contributed by atoms with E-state index in [0.29, 0.717) is 23.3 Å². The fourth-order valence-electron chi connectivity index (χ4n) is 3.85. The van der Waals surface area contributed by atoms with Crippen LogP contribution in [0.4, 0.5) is 0 Å². The van der Waals surface area contributed by atoms with Gasteiger partial charge < -0.3 is 9.47 Å². The van der Waals surface area contributed by atoms with Gasteiger partial charge in [-0.25, -0.2) is 0 Å². The van der Waals surface area contributed by atoms with Gasteiger partial charge in [-0.15, -0.1) is 0 Å². The van der Waals surface area contributed by atoms with Crippen molar-refractivity contribution in [2.75, 3.05) is 0 Å². The van der Waals surface area contributed by atoms with Crippen LogP contribution in [0, 0.1) is 13.8 Å². The fourth-order valence-corrected chi connectivity index (χ4v) is 3.85. The highest BCUT2D eigenvalue weighted by molar-refractivity contribution is 5.70. The van der Waals surface area contributed by atoms with Crippen molar-refractivity contribution in [1.29, 1.82) is 0 Å². The Kier molecular flexibility index (Phi) is 7.38. The molecule has 0 bridgehead atoms. The monoisotopic (exact) mass is 382 g/mol. The van der Waals surface area contributed by atoms with Crippen LogP contribution >= 0.6 is 0 Å². The van der Waals surface area contributed by atoms with Gasteiger partial charge in [0.05, 0.1) is 0 Å². The third-order valence-electron chi connectivity index (χ3n) is 5.13. The van der Waals surface area contributed by atoms with Crippen LogP contribution in [0.3, 0.4) is 0 Å². The molecular weight excluding hydrogens is 352 g/mol. The minimum atomic E-state index is -0.308. The maximum atomic E-state index is 11.3. The molecule has 0 spiro atoms. The van der Waals surface area contributed by atoms with E-state index in [-0.39, 0.29) is 11.9 Å². The maximum Gasteiger partial charge on any atom is 0.308 e. The summed E-state index contributed by atoms with van der Waals surface area (Å²) in [4.78, 5) is 22.5. The molecule has 0 heterocycles. The number of rotatable bonds is 7. The second-order valence-electron chi connectivity index (χ2n) is 7.27. The Morgan fingerprint density at radius 1 is 0.750 bits per heavy atom. The summed E-state index contributed by atoms with van der Waals surface area (Å²) in [5, 5.41) is 0. The molecule has 0 radical (unpaired) electrons. The molecule has 0 amide bonds. The molecule has 0 N–H and O–H groups in total. The quantitative estimate of drug-likeness (QED) is 0.446. The minimum absolute atomic E-state index is 0.308. The lowest BCUT2D eigenvalue weighted by molar-refractivity contribution is -0.132. The van der Waals surface area contributed by atoms with Crippen LogP contribution in [0.5, 0.6) is 11.5 Å². The van der Waals surface area contributed by atoms with Crippen molar-refractivity contribution < 1.29 is 19.1 Å². The first-order valence-corrected chi connectivity index (χ1v) is 9.84. The van der Waals surface area contributed by atoms with E-state index in [9.17, 15) is 9.59 Å². The summed E-state index contributed by atoms with van der Waals surface area (Å²) < 4.78 is 10.5. The lowest BCUT2D eigenvalue weighted by atomic mass is 9.77. The Hall–Kier alpha value is -2.62. The number of aryl methyl sites for hydroxylation is 2. The van der Waals surface area contributed by atoms with Gasteiger partial charge in [0.15, 0.2) is 0 Å². The molecule has 2 unspecified atom stereocenters. The molecule has 2 aromatic rings. The Morgan fingerprint density at radius 2 is 1.11 bits per heavy atom. The van der Waals surface area contributed by atoms with Crippen LogP contribution in [-0.2, 0) is 9.59 Å². The number of benzene rings is 2. The molecule has 4 heteroatoms. The number of esters is 2. The summed E-state index contributed by atoms with van der Waals surface area (Å²) in [5.41, 5.74) is 4.40. The lowest BCUT2D eigenvalue weighted by Gasteiger charge is -2.27. The minimum Gasteiger partial charge on any atom is -0.426 e. The molecular formula is C24H30O4. The van der Waals surface area contributed by atoms with Crippen LogP contribution in [0.2, 0.25) is 0 Å². The molecule has 0 aromatic heterocycles. The normalized spacial score (nSPS) is 12.9. The number of carbonyl (C=O) groups excluding carboxylic acids is 2. The van der Waals surface area contributed by atoms with Crippen molar-refractivity contribution in [2.45, 2.75) is 66.2 Å². The molecule has 0 aliphatic carbocycles. The zero-order valence-corrected chi connectivity index (χ0v) is 17.7. The summed E-state index contributed by atoms with van der Waals surface area (Å²) in [6.45, 7) is 11.2. The van der Waals surface area contributed by atoms with E-state index >= 15 is 0 Å². The van der Waals surface area contributed by atoms with Crippen LogP contribution in [-0.4, -0.2) is 11.9 Å². The van der Waals surface area contributed by atoms with Crippen molar-refractivity contribution in [1.82, 2.24) is 0 Å². The molecule has 0 saturated carbocycles. The second-order valence-corrected chi connectivity index (χ2v) is 7.27. The first-order chi connectivity index (χ1) is 13.3. The molecule has 0 aliphatic rings. The Morgan fingerprint density at radius 3 is 1.36 bits per heavy atom. The smallest absolute Gasteiger partial charge is 0.308 e. The molecule has 0 aliphatic heterocycles. The van der Waals surface area contributed by atoms with E-state index in [1.165, 1.54) is 25.0 Å². The van der Waals surface area contributed by atoms with Crippen molar-refractivity contribution >= 4 is 11.9 Å². The van der Waals surface area contributed by atoms with Crippen LogP contribution < -0.4 is 9.47 Å². The molecule has 4 nitrogen and oxygen atoms in total. The molecule has 2 aromatic carbocycles. The standard InChI is InChI=1S/C24H30O4/c1-7-21(19-9-11-23(15(3)13-19)27-17(5)25)22(8-2)20-10-12-24(16(4)14-20)28-18(6)26/h9-14,21-22H,7-8H2,1-6H3. The predicted octanol–water partition coefficient (Wildman–Crippen LogP) is 5.84. The van der Waals surface area contributed by atoms with Gasteiger partial charge in [0.1, 0.15) is 11.5 Å². The van der Waals surface area contributed by atoms with Gasteiger partial charge in [0.25, 0.3) is 0 Å². The van der Waals surface area contributed by atoms with E-state index in [0.717, 1.165) is 24.0 Å². The Balaban J connectivity index is 2.35. The molecule has 28 heavy (non-hydrogen) atoms. The molecule has 0 fully saturated rings. The SMILES string of the molecule is CCC(c1ccc(OC(C)=O)c(C)c1)C(CC)c1ccc(OC(C)=O)c(C)c1. The lowest BCUT2D eigenvalue weighted by Crippen LogP contribution is -2.12. The summed E-state index contributed by atoms with van der Waals surface area (Å²) in [6, 6.07) is 12.1. The zero-order chi connectivity index (χ0) is 20.8. The fraction of sp³-hybridized carbons (Fsp3) is 0.417. The van der Waals surface area contributed by atoms with Crippen molar-refractivity contribution in [3.05, 3.63) is 58.7 Å². The van der Waals surface area contributed by atoms with E-state index in [1.54, 1.807) is 0 Å². The number of hydrogen-bond acceptors (Lipinski definition) is 4. The topological polar surface area (TPSA) is 52.6 Å². The number of ether oxygens (including phenoxy) is 2. The van der Waals surface area contributed by atoms with Crippen molar-refractivity contribution in [2.24, 2.45) is 0 Å². The zero-order valence-electron chi connectivity index (χ0n) is 17.7. The summed E-state index contributed by atoms with van der Waals surface area (Å²) >= 11 is 0. The first-order valence-electron chi connectivity index (χ1n) is 9.84. The Labute approximate surface area is 167 Å². The molecule has 0 saturated heterocycles. The van der Waals surface area contributed by atoms with Gasteiger partial charge in [0.2, 0.25) is 0 Å². The second kappa shape index (κ2) is 9.54. The van der Waals surface area contributed by atoms with Crippen LogP contribution in [0.25, 0.3) is 0 Å². The number of hydrogen-bond donors (Lipinski definition) is 0. The van der Waals surface area contributed by atoms with Gasteiger partial charge in [-0.3, -0.25) is 9.59 Å². The van der Waals surface area contributed by atoms with Gasteiger partial charge in [0, 0.05) is 13.8 Å². The highest BCUT2D eigenvalue weighted by Gasteiger charge is 2.23. The average Bonchev–Trinajstić information content (AvgIpc) is 2.62. The Bertz CT molecular complexity index is 782. The number of carbonyl (C=O) groups is 2. The third kappa shape index (κ3) is 5.22.